The number of ether oxygens (including phenoxy) is 1. The van der Waals surface area contributed by atoms with Crippen molar-refractivity contribution in [1.29, 1.82) is 0 Å². The maximum absolute atomic E-state index is 13.6. The topological polar surface area (TPSA) is 24.5 Å². The summed E-state index contributed by atoms with van der Waals surface area (Å²) >= 11 is 6.32. The molecule has 1 N–H and O–H groups in total. The summed E-state index contributed by atoms with van der Waals surface area (Å²) in [6.45, 7) is 2.91. The van der Waals surface area contributed by atoms with E-state index >= 15 is 0 Å². The van der Waals surface area contributed by atoms with E-state index in [0.29, 0.717) is 38.2 Å². The molecular weight excluding hydrogens is 580 g/mol. The number of nitrogens with one attached hydrogen (secondary N) is 1. The van der Waals surface area contributed by atoms with Crippen molar-refractivity contribution in [2.24, 2.45) is 0 Å². The Morgan fingerprint density at radius 1 is 0.857 bits per heavy atom. The second-order valence-electron chi connectivity index (χ2n) is 10.1. The first kappa shape index (κ1) is 33.5. The van der Waals surface area contributed by atoms with Gasteiger partial charge in [0.1, 0.15) is 5.75 Å². The van der Waals surface area contributed by atoms with Crippen molar-refractivity contribution in [3.05, 3.63) is 136 Å². The smallest absolute Gasteiger partial charge is 0.417 e. The molecule has 224 valence electrons. The van der Waals surface area contributed by atoms with Crippen molar-refractivity contribution >= 4 is 24.0 Å². The molecule has 0 aromatic heterocycles. The molecule has 0 saturated carbocycles. The van der Waals surface area contributed by atoms with Gasteiger partial charge in [-0.05, 0) is 66.9 Å². The van der Waals surface area contributed by atoms with Gasteiger partial charge in [0.05, 0.1) is 17.2 Å². The predicted molar refractivity (Wildman–Crippen MR) is 168 cm³/mol. The first-order valence-corrected chi connectivity index (χ1v) is 14.3. The zero-order chi connectivity index (χ0) is 29.1. The Labute approximate surface area is 258 Å². The van der Waals surface area contributed by atoms with Crippen molar-refractivity contribution in [2.75, 3.05) is 33.3 Å². The quantitative estimate of drug-likeness (QED) is 0.143. The van der Waals surface area contributed by atoms with Crippen molar-refractivity contribution in [1.82, 2.24) is 10.2 Å². The van der Waals surface area contributed by atoms with Crippen LogP contribution in [-0.2, 0) is 19.1 Å². The summed E-state index contributed by atoms with van der Waals surface area (Å²) in [4.78, 5) is 2.18. The maximum atomic E-state index is 13.6. The van der Waals surface area contributed by atoms with Crippen LogP contribution >= 0.6 is 24.0 Å². The third-order valence-electron chi connectivity index (χ3n) is 7.07. The van der Waals surface area contributed by atoms with Crippen LogP contribution in [0.3, 0.4) is 0 Å². The third kappa shape index (κ3) is 9.77. The van der Waals surface area contributed by atoms with E-state index in [-0.39, 0.29) is 23.3 Å². The molecule has 8 heteroatoms. The molecule has 0 atom stereocenters. The number of nitrogens with zero attached hydrogens (tertiary/aromatic N) is 1. The Morgan fingerprint density at radius 3 is 2.12 bits per heavy atom. The molecule has 0 unspecified atom stereocenters. The van der Waals surface area contributed by atoms with Gasteiger partial charge in [-0.15, -0.1) is 12.4 Å². The van der Waals surface area contributed by atoms with Crippen LogP contribution in [0.15, 0.2) is 103 Å². The van der Waals surface area contributed by atoms with E-state index in [4.69, 9.17) is 16.3 Å². The molecule has 3 nitrogen and oxygen atoms in total. The molecule has 0 aliphatic heterocycles. The number of hydrogen-bond acceptors (Lipinski definition) is 3. The molecule has 0 amide bonds. The molecule has 42 heavy (non-hydrogen) atoms. The molecule has 0 bridgehead atoms. The molecule has 0 heterocycles. The van der Waals surface area contributed by atoms with E-state index in [9.17, 15) is 13.2 Å². The first-order chi connectivity index (χ1) is 19.8. The number of halogens is 5. The van der Waals surface area contributed by atoms with E-state index in [1.165, 1.54) is 11.6 Å². The zero-order valence-corrected chi connectivity index (χ0v) is 25.2. The minimum absolute atomic E-state index is 0. The summed E-state index contributed by atoms with van der Waals surface area (Å²) in [7, 11) is 1.93. The van der Waals surface area contributed by atoms with E-state index < -0.39 is 11.7 Å². The summed E-state index contributed by atoms with van der Waals surface area (Å²) in [6.07, 6.45) is -2.89. The molecule has 0 aliphatic rings. The lowest BCUT2D eigenvalue weighted by atomic mass is 9.90. The second kappa shape index (κ2) is 16.6. The molecule has 4 rings (SSSR count). The van der Waals surface area contributed by atoms with Crippen LogP contribution in [0.5, 0.6) is 5.75 Å². The Balaban J connectivity index is 0.00000484. The van der Waals surface area contributed by atoms with Crippen LogP contribution < -0.4 is 10.1 Å². The lowest BCUT2D eigenvalue weighted by Gasteiger charge is -2.29. The average molecular weight is 618 g/mol. The first-order valence-electron chi connectivity index (χ1n) is 13.9. The molecule has 4 aromatic rings. The standard InChI is InChI=1S/C34H36ClF3N2O.ClH/c1-39-20-19-26-11-8-17-30(23-26)41-22-10-21-40(24-29-16-9-18-32(33(29)35)34(36,37)38)25-31(27-12-4-2-5-13-27)28-14-6-3-7-15-28;/h2-9,11-18,23,31,39H,10,19-22,24-25H2,1H3;1H. The van der Waals surface area contributed by atoms with Gasteiger partial charge in [-0.3, -0.25) is 4.90 Å². The van der Waals surface area contributed by atoms with Crippen LogP contribution in [0.1, 0.15) is 40.2 Å². The summed E-state index contributed by atoms with van der Waals surface area (Å²) < 4.78 is 46.9. The number of likely N-dealkylation sites (N-methyl/N-ethyl adjacent to an activating group) is 1. The van der Waals surface area contributed by atoms with Gasteiger partial charge in [0.25, 0.3) is 0 Å². The number of rotatable bonds is 14. The molecular formula is C34H37Cl2F3N2O. The van der Waals surface area contributed by atoms with Crippen LogP contribution in [0, 0.1) is 0 Å². The highest BCUT2D eigenvalue weighted by atomic mass is 35.5. The highest BCUT2D eigenvalue weighted by molar-refractivity contribution is 6.32. The van der Waals surface area contributed by atoms with Gasteiger partial charge in [-0.2, -0.15) is 13.2 Å². The largest absolute Gasteiger partial charge is 0.494 e. The summed E-state index contributed by atoms with van der Waals surface area (Å²) in [5.41, 5.74) is 3.15. The predicted octanol–water partition coefficient (Wildman–Crippen LogP) is 8.65. The fourth-order valence-corrected chi connectivity index (χ4v) is 5.26. The lowest BCUT2D eigenvalue weighted by molar-refractivity contribution is -0.137. The van der Waals surface area contributed by atoms with Gasteiger partial charge < -0.3 is 10.1 Å². The molecule has 4 aromatic carbocycles. The Bertz CT molecular complexity index is 1310. The lowest BCUT2D eigenvalue weighted by Crippen LogP contribution is -2.31. The van der Waals surface area contributed by atoms with E-state index in [0.717, 1.165) is 35.9 Å². The van der Waals surface area contributed by atoms with Crippen molar-refractivity contribution in [2.45, 2.75) is 31.5 Å². The van der Waals surface area contributed by atoms with E-state index in [1.54, 1.807) is 6.07 Å². The van der Waals surface area contributed by atoms with E-state index in [1.807, 2.05) is 55.6 Å². The summed E-state index contributed by atoms with van der Waals surface area (Å²) in [6, 6.07) is 32.6. The molecule has 0 spiro atoms. The molecule has 0 radical (unpaired) electrons. The second-order valence-corrected chi connectivity index (χ2v) is 10.5. The van der Waals surface area contributed by atoms with Crippen molar-refractivity contribution in [3.63, 3.8) is 0 Å². The maximum Gasteiger partial charge on any atom is 0.417 e. The van der Waals surface area contributed by atoms with Gasteiger partial charge >= 0.3 is 6.18 Å². The third-order valence-corrected chi connectivity index (χ3v) is 7.52. The van der Waals surface area contributed by atoms with Gasteiger partial charge in [-0.1, -0.05) is 96.5 Å². The van der Waals surface area contributed by atoms with Gasteiger partial charge in [0, 0.05) is 25.6 Å². The monoisotopic (exact) mass is 616 g/mol. The van der Waals surface area contributed by atoms with Crippen molar-refractivity contribution < 1.29 is 17.9 Å². The number of alkyl halides is 3. The van der Waals surface area contributed by atoms with Crippen LogP contribution in [0.2, 0.25) is 5.02 Å². The molecule has 0 aliphatic carbocycles. The minimum atomic E-state index is -4.51. The van der Waals surface area contributed by atoms with Crippen LogP contribution in [0.4, 0.5) is 13.2 Å². The van der Waals surface area contributed by atoms with Crippen LogP contribution in [0.25, 0.3) is 0 Å². The fraction of sp³-hybridized carbons (Fsp3) is 0.294. The van der Waals surface area contributed by atoms with Crippen molar-refractivity contribution in [3.8, 4) is 5.75 Å². The van der Waals surface area contributed by atoms with Gasteiger partial charge in [-0.25, -0.2) is 0 Å². The van der Waals surface area contributed by atoms with E-state index in [2.05, 4.69) is 46.6 Å². The minimum Gasteiger partial charge on any atom is -0.494 e. The number of benzene rings is 4. The highest BCUT2D eigenvalue weighted by Crippen LogP contribution is 2.37. The Kier molecular flexibility index (Phi) is 13.2. The summed E-state index contributed by atoms with van der Waals surface area (Å²) in [5.74, 6) is 0.851. The Hall–Kier alpha value is -3.03. The molecule has 0 fully saturated rings. The van der Waals surface area contributed by atoms with Gasteiger partial charge in [0.15, 0.2) is 0 Å². The Morgan fingerprint density at radius 2 is 1.50 bits per heavy atom. The molecule has 0 saturated heterocycles. The summed E-state index contributed by atoms with van der Waals surface area (Å²) in [5, 5.41) is 2.92. The normalized spacial score (nSPS) is 11.5. The number of hydrogen-bond donors (Lipinski definition) is 1. The highest BCUT2D eigenvalue weighted by Gasteiger charge is 2.34. The fourth-order valence-electron chi connectivity index (χ4n) is 4.97. The van der Waals surface area contributed by atoms with Crippen LogP contribution in [-0.4, -0.2) is 38.2 Å². The average Bonchev–Trinajstić information content (AvgIpc) is 2.98. The zero-order valence-electron chi connectivity index (χ0n) is 23.6. The van der Waals surface area contributed by atoms with Gasteiger partial charge in [0.2, 0.25) is 0 Å². The SMILES string of the molecule is CNCCc1cccc(OCCCN(Cc2cccc(C(F)(F)F)c2Cl)CC(c2ccccc2)c2ccccc2)c1.Cl.